The lowest BCUT2D eigenvalue weighted by molar-refractivity contribution is 0.0556. The van der Waals surface area contributed by atoms with E-state index in [1.54, 1.807) is 0 Å². The molecule has 2 aliphatic rings. The second-order valence-corrected chi connectivity index (χ2v) is 6.01. The Morgan fingerprint density at radius 3 is 2.70 bits per heavy atom. The van der Waals surface area contributed by atoms with Crippen LogP contribution < -0.4 is 5.73 Å². The van der Waals surface area contributed by atoms with E-state index in [1.165, 1.54) is 20.0 Å². The average Bonchev–Trinajstić information content (AvgIpc) is 2.88. The Morgan fingerprint density at radius 1 is 1.45 bits per heavy atom. The lowest BCUT2D eigenvalue weighted by atomic mass is 9.98. The molecule has 0 amide bonds. The normalized spacial score (nSPS) is 29.6. The Balaban J connectivity index is 1.74. The number of carbonyl (C=O) groups excluding carboxylic acids is 1. The van der Waals surface area contributed by atoms with Gasteiger partial charge in [-0.2, -0.15) is 0 Å². The molecule has 1 aromatic rings. The molecule has 2 fully saturated rings. The fourth-order valence-electron chi connectivity index (χ4n) is 3.68. The minimum absolute atomic E-state index is 0.323. The van der Waals surface area contributed by atoms with E-state index in [-0.39, 0.29) is 0 Å². The number of hydrogen-bond acceptors (Lipinski definition) is 5. The SMILES string of the molecule is COC(=O)c1oc(CN2C3CCC2CC(N)C3)cc1C. The van der Waals surface area contributed by atoms with Crippen LogP contribution in [0.5, 0.6) is 0 Å². The standard InChI is InChI=1S/C15H22N2O3/c1-9-5-13(20-14(9)15(18)19-2)8-17-11-3-4-12(17)7-10(16)6-11/h5,10-12H,3-4,6-8,16H2,1-2H3. The van der Waals surface area contributed by atoms with Gasteiger partial charge in [-0.15, -0.1) is 0 Å². The third-order valence-corrected chi connectivity index (χ3v) is 4.60. The number of ether oxygens (including phenoxy) is 1. The van der Waals surface area contributed by atoms with E-state index < -0.39 is 5.97 Å². The van der Waals surface area contributed by atoms with Crippen LogP contribution >= 0.6 is 0 Å². The fourth-order valence-corrected chi connectivity index (χ4v) is 3.68. The summed E-state index contributed by atoms with van der Waals surface area (Å²) in [6, 6.07) is 3.42. The van der Waals surface area contributed by atoms with Crippen molar-refractivity contribution < 1.29 is 13.9 Å². The van der Waals surface area contributed by atoms with Crippen molar-refractivity contribution in [1.82, 2.24) is 4.90 Å². The maximum atomic E-state index is 11.6. The summed E-state index contributed by atoms with van der Waals surface area (Å²) in [6.07, 6.45) is 4.59. The minimum Gasteiger partial charge on any atom is -0.463 e. The number of nitrogens with two attached hydrogens (primary N) is 1. The topological polar surface area (TPSA) is 68.7 Å². The van der Waals surface area contributed by atoms with Gasteiger partial charge in [0.2, 0.25) is 5.76 Å². The molecule has 3 rings (SSSR count). The first-order valence-corrected chi connectivity index (χ1v) is 7.27. The van der Waals surface area contributed by atoms with Gasteiger partial charge < -0.3 is 14.9 Å². The van der Waals surface area contributed by atoms with Crippen molar-refractivity contribution in [2.24, 2.45) is 5.73 Å². The zero-order valence-electron chi connectivity index (χ0n) is 12.1. The van der Waals surface area contributed by atoms with Crippen molar-refractivity contribution >= 4 is 5.97 Å². The van der Waals surface area contributed by atoms with E-state index >= 15 is 0 Å². The first kappa shape index (κ1) is 13.6. The molecule has 0 saturated carbocycles. The summed E-state index contributed by atoms with van der Waals surface area (Å²) in [4.78, 5) is 14.1. The molecule has 20 heavy (non-hydrogen) atoms. The van der Waals surface area contributed by atoms with Crippen molar-refractivity contribution in [2.45, 2.75) is 57.3 Å². The Kier molecular flexibility index (Phi) is 3.56. The molecular weight excluding hydrogens is 256 g/mol. The quantitative estimate of drug-likeness (QED) is 0.854. The van der Waals surface area contributed by atoms with Gasteiger partial charge in [0.1, 0.15) is 5.76 Å². The summed E-state index contributed by atoms with van der Waals surface area (Å²) in [5.74, 6) is 0.760. The van der Waals surface area contributed by atoms with Crippen LogP contribution in [0, 0.1) is 6.92 Å². The van der Waals surface area contributed by atoms with Gasteiger partial charge in [-0.25, -0.2) is 4.79 Å². The molecular formula is C15H22N2O3. The van der Waals surface area contributed by atoms with Gasteiger partial charge in [0, 0.05) is 23.7 Å². The monoisotopic (exact) mass is 278 g/mol. The number of aryl methyl sites for hydroxylation is 1. The van der Waals surface area contributed by atoms with E-state index in [1.807, 2.05) is 13.0 Å². The fraction of sp³-hybridized carbons (Fsp3) is 0.667. The first-order valence-electron chi connectivity index (χ1n) is 7.27. The van der Waals surface area contributed by atoms with Gasteiger partial charge in [-0.05, 0) is 38.7 Å². The number of furan rings is 1. The summed E-state index contributed by atoms with van der Waals surface area (Å²) in [7, 11) is 1.37. The number of fused-ring (bicyclic) bond motifs is 2. The van der Waals surface area contributed by atoms with Crippen LogP contribution in [0.25, 0.3) is 0 Å². The summed E-state index contributed by atoms with van der Waals surface area (Å²) >= 11 is 0. The van der Waals surface area contributed by atoms with Gasteiger partial charge in [0.25, 0.3) is 0 Å². The highest BCUT2D eigenvalue weighted by Gasteiger charge is 2.39. The van der Waals surface area contributed by atoms with Gasteiger partial charge in [-0.3, -0.25) is 4.90 Å². The van der Waals surface area contributed by atoms with Crippen LogP contribution in [0.1, 0.15) is 47.6 Å². The zero-order valence-corrected chi connectivity index (χ0v) is 12.1. The molecule has 3 heterocycles. The molecule has 0 aliphatic carbocycles. The number of rotatable bonds is 3. The summed E-state index contributed by atoms with van der Waals surface area (Å²) in [5, 5.41) is 0. The Labute approximate surface area is 119 Å². The van der Waals surface area contributed by atoms with Crippen LogP contribution in [-0.2, 0) is 11.3 Å². The second kappa shape index (κ2) is 5.22. The average molecular weight is 278 g/mol. The lowest BCUT2D eigenvalue weighted by Gasteiger charge is -2.37. The van der Waals surface area contributed by atoms with E-state index in [0.29, 0.717) is 23.9 Å². The number of esters is 1. The van der Waals surface area contributed by atoms with Gasteiger partial charge >= 0.3 is 5.97 Å². The summed E-state index contributed by atoms with van der Waals surface area (Å²) in [5.41, 5.74) is 6.93. The number of nitrogens with zero attached hydrogens (tertiary/aromatic N) is 1. The molecule has 2 N–H and O–H groups in total. The molecule has 0 radical (unpaired) electrons. The molecule has 2 unspecified atom stereocenters. The molecule has 2 bridgehead atoms. The first-order chi connectivity index (χ1) is 9.58. The summed E-state index contributed by atoms with van der Waals surface area (Å²) < 4.78 is 10.4. The molecule has 0 aromatic carbocycles. The molecule has 2 atom stereocenters. The Morgan fingerprint density at radius 2 is 2.10 bits per heavy atom. The maximum Gasteiger partial charge on any atom is 0.374 e. The third kappa shape index (κ3) is 2.36. The van der Waals surface area contributed by atoms with Crippen LogP contribution in [-0.4, -0.2) is 36.1 Å². The number of hydrogen-bond donors (Lipinski definition) is 1. The molecule has 0 spiro atoms. The zero-order chi connectivity index (χ0) is 14.3. The second-order valence-electron chi connectivity index (χ2n) is 6.01. The largest absolute Gasteiger partial charge is 0.463 e. The minimum atomic E-state index is -0.405. The Bertz CT molecular complexity index is 497. The predicted molar refractivity (Wildman–Crippen MR) is 74.3 cm³/mol. The Hall–Kier alpha value is -1.33. The van der Waals surface area contributed by atoms with E-state index in [2.05, 4.69) is 4.90 Å². The van der Waals surface area contributed by atoms with E-state index in [0.717, 1.165) is 30.7 Å². The molecule has 5 nitrogen and oxygen atoms in total. The van der Waals surface area contributed by atoms with Crippen LogP contribution in [0.2, 0.25) is 0 Å². The van der Waals surface area contributed by atoms with Crippen molar-refractivity contribution in [3.8, 4) is 0 Å². The van der Waals surface area contributed by atoms with Crippen LogP contribution in [0.4, 0.5) is 0 Å². The highest BCUT2D eigenvalue weighted by molar-refractivity contribution is 5.87. The maximum absolute atomic E-state index is 11.6. The molecule has 2 saturated heterocycles. The van der Waals surface area contributed by atoms with Gasteiger partial charge in [0.05, 0.1) is 13.7 Å². The molecule has 1 aromatic heterocycles. The van der Waals surface area contributed by atoms with Crippen molar-refractivity contribution in [3.05, 3.63) is 23.2 Å². The highest BCUT2D eigenvalue weighted by atomic mass is 16.5. The number of methoxy groups -OCH3 is 1. The lowest BCUT2D eigenvalue weighted by Crippen LogP contribution is -2.46. The van der Waals surface area contributed by atoms with Crippen molar-refractivity contribution in [3.63, 3.8) is 0 Å². The van der Waals surface area contributed by atoms with E-state index in [9.17, 15) is 4.79 Å². The molecule has 110 valence electrons. The van der Waals surface area contributed by atoms with Crippen molar-refractivity contribution in [1.29, 1.82) is 0 Å². The molecule has 2 aliphatic heterocycles. The predicted octanol–water partition coefficient (Wildman–Crippen LogP) is 1.83. The van der Waals surface area contributed by atoms with Crippen LogP contribution in [0.15, 0.2) is 10.5 Å². The highest BCUT2D eigenvalue weighted by Crippen LogP contribution is 2.36. The van der Waals surface area contributed by atoms with E-state index in [4.69, 9.17) is 14.9 Å². The van der Waals surface area contributed by atoms with Gasteiger partial charge in [0.15, 0.2) is 0 Å². The molecule has 5 heteroatoms. The van der Waals surface area contributed by atoms with Gasteiger partial charge in [-0.1, -0.05) is 0 Å². The van der Waals surface area contributed by atoms with Crippen molar-refractivity contribution in [2.75, 3.05) is 7.11 Å². The smallest absolute Gasteiger partial charge is 0.374 e. The number of carbonyl (C=O) groups is 1. The summed E-state index contributed by atoms with van der Waals surface area (Å²) in [6.45, 7) is 2.64. The van der Waals surface area contributed by atoms with Crippen LogP contribution in [0.3, 0.4) is 0 Å². The third-order valence-electron chi connectivity index (χ3n) is 4.60. The number of piperidine rings is 1.